The minimum Gasteiger partial charge on any atom is -0.349 e. The van der Waals surface area contributed by atoms with E-state index in [1.165, 1.54) is 14.2 Å². The maximum absolute atomic E-state index is 13.3. The first kappa shape index (κ1) is 16.0. The summed E-state index contributed by atoms with van der Waals surface area (Å²) in [5.74, 6) is -2.00. The predicted molar refractivity (Wildman–Crippen MR) is 68.2 cm³/mol. The molecule has 0 bridgehead atoms. The highest BCUT2D eigenvalue weighted by molar-refractivity contribution is 6.37. The molecule has 0 aliphatic heterocycles. The summed E-state index contributed by atoms with van der Waals surface area (Å²) in [6, 6.07) is 2.01. The first-order valence-corrected chi connectivity index (χ1v) is 5.92. The summed E-state index contributed by atoms with van der Waals surface area (Å²) in [5, 5.41) is -0.213. The summed E-state index contributed by atoms with van der Waals surface area (Å²) in [6.45, 7) is 0. The Bertz CT molecular complexity index is 501. The zero-order chi connectivity index (χ0) is 14.6. The lowest BCUT2D eigenvalue weighted by atomic mass is 10.1. The molecule has 0 radical (unpaired) electrons. The monoisotopic (exact) mass is 308 g/mol. The molecule has 0 atom stereocenters. The van der Waals surface area contributed by atoms with Gasteiger partial charge in [-0.15, -0.1) is 0 Å². The Morgan fingerprint density at radius 1 is 1.21 bits per heavy atom. The minimum atomic E-state index is -1.14. The van der Waals surface area contributed by atoms with Crippen LogP contribution in [0.25, 0.3) is 0 Å². The molecule has 0 N–H and O–H groups in total. The SMILES string of the molecule is COC(OC)C(=O)CC(=O)c1cc(F)c(Cl)cc1Cl. The number of benzene rings is 1. The molecule has 0 aromatic heterocycles. The van der Waals surface area contributed by atoms with E-state index in [1.54, 1.807) is 0 Å². The molecule has 1 aromatic rings. The number of hydrogen-bond acceptors (Lipinski definition) is 4. The molecule has 104 valence electrons. The number of ether oxygens (including phenoxy) is 2. The summed E-state index contributed by atoms with van der Waals surface area (Å²) < 4.78 is 22.7. The van der Waals surface area contributed by atoms with Gasteiger partial charge in [0.05, 0.1) is 16.5 Å². The normalized spacial score (nSPS) is 10.8. The van der Waals surface area contributed by atoms with E-state index in [-0.39, 0.29) is 15.6 Å². The van der Waals surface area contributed by atoms with Crippen LogP contribution in [-0.2, 0) is 14.3 Å². The van der Waals surface area contributed by atoms with Crippen molar-refractivity contribution in [3.63, 3.8) is 0 Å². The Morgan fingerprint density at radius 3 is 2.32 bits per heavy atom. The van der Waals surface area contributed by atoms with Crippen molar-refractivity contribution in [3.8, 4) is 0 Å². The summed E-state index contributed by atoms with van der Waals surface area (Å²) in [7, 11) is 2.54. The smallest absolute Gasteiger partial charge is 0.217 e. The van der Waals surface area contributed by atoms with Crippen molar-refractivity contribution < 1.29 is 23.5 Å². The van der Waals surface area contributed by atoms with E-state index in [0.29, 0.717) is 0 Å². The van der Waals surface area contributed by atoms with Crippen molar-refractivity contribution in [1.82, 2.24) is 0 Å². The summed E-state index contributed by atoms with van der Waals surface area (Å²) in [5.41, 5.74) is -0.108. The number of halogens is 3. The lowest BCUT2D eigenvalue weighted by Gasteiger charge is -2.11. The standard InChI is InChI=1S/C12H11Cl2FO4/c1-18-12(19-2)11(17)5-10(16)6-3-9(15)8(14)4-7(6)13/h3-4,12H,5H2,1-2H3. The van der Waals surface area contributed by atoms with E-state index in [2.05, 4.69) is 0 Å². The van der Waals surface area contributed by atoms with Gasteiger partial charge in [-0.05, 0) is 12.1 Å². The molecule has 0 saturated heterocycles. The molecule has 19 heavy (non-hydrogen) atoms. The fraction of sp³-hybridized carbons (Fsp3) is 0.333. The van der Waals surface area contributed by atoms with Gasteiger partial charge in [0, 0.05) is 19.8 Å². The van der Waals surface area contributed by atoms with Gasteiger partial charge in [-0.2, -0.15) is 0 Å². The highest BCUT2D eigenvalue weighted by atomic mass is 35.5. The molecular formula is C12H11Cl2FO4. The van der Waals surface area contributed by atoms with Crippen LogP contribution >= 0.6 is 23.2 Å². The highest BCUT2D eigenvalue weighted by Crippen LogP contribution is 2.25. The van der Waals surface area contributed by atoms with E-state index in [4.69, 9.17) is 32.7 Å². The topological polar surface area (TPSA) is 52.6 Å². The molecule has 0 heterocycles. The molecule has 0 spiro atoms. The number of rotatable bonds is 6. The van der Waals surface area contributed by atoms with Gasteiger partial charge in [0.15, 0.2) is 11.6 Å². The van der Waals surface area contributed by atoms with Crippen molar-refractivity contribution in [1.29, 1.82) is 0 Å². The van der Waals surface area contributed by atoms with Crippen LogP contribution in [0.1, 0.15) is 16.8 Å². The number of carbonyl (C=O) groups is 2. The summed E-state index contributed by atoms with van der Waals surface area (Å²) in [6.07, 6.45) is -1.65. The Labute approximate surface area is 119 Å². The first-order chi connectivity index (χ1) is 8.90. The molecule has 7 heteroatoms. The van der Waals surface area contributed by atoms with Crippen molar-refractivity contribution in [2.75, 3.05) is 14.2 Å². The Hall–Kier alpha value is -1.01. The van der Waals surface area contributed by atoms with Gasteiger partial charge in [0.2, 0.25) is 6.29 Å². The van der Waals surface area contributed by atoms with Crippen molar-refractivity contribution in [3.05, 3.63) is 33.6 Å². The molecule has 4 nitrogen and oxygen atoms in total. The van der Waals surface area contributed by atoms with E-state index >= 15 is 0 Å². The van der Waals surface area contributed by atoms with E-state index < -0.39 is 30.1 Å². The Balaban J connectivity index is 2.90. The Morgan fingerprint density at radius 2 is 1.79 bits per heavy atom. The second-order valence-electron chi connectivity index (χ2n) is 3.62. The van der Waals surface area contributed by atoms with Crippen LogP contribution in [0.3, 0.4) is 0 Å². The van der Waals surface area contributed by atoms with Crippen LogP contribution < -0.4 is 0 Å². The van der Waals surface area contributed by atoms with Gasteiger partial charge in [0.1, 0.15) is 5.82 Å². The molecule has 0 aliphatic carbocycles. The van der Waals surface area contributed by atoms with Gasteiger partial charge in [-0.3, -0.25) is 9.59 Å². The number of hydrogen-bond donors (Lipinski definition) is 0. The van der Waals surface area contributed by atoms with Crippen LogP contribution in [0.2, 0.25) is 10.0 Å². The average molecular weight is 309 g/mol. The number of ketones is 2. The van der Waals surface area contributed by atoms with Crippen molar-refractivity contribution in [2.45, 2.75) is 12.7 Å². The van der Waals surface area contributed by atoms with Crippen LogP contribution in [0, 0.1) is 5.82 Å². The molecule has 0 unspecified atom stereocenters. The molecule has 1 aromatic carbocycles. The van der Waals surface area contributed by atoms with Gasteiger partial charge in [-0.1, -0.05) is 23.2 Å². The molecule has 0 amide bonds. The maximum Gasteiger partial charge on any atom is 0.217 e. The van der Waals surface area contributed by atoms with Crippen molar-refractivity contribution in [2.24, 2.45) is 0 Å². The quantitative estimate of drug-likeness (QED) is 0.351. The highest BCUT2D eigenvalue weighted by Gasteiger charge is 2.23. The number of Topliss-reactive ketones (excluding diaryl/α,β-unsaturated/α-hetero) is 2. The van der Waals surface area contributed by atoms with E-state index in [1.807, 2.05) is 0 Å². The number of methoxy groups -OCH3 is 2. The second kappa shape index (κ2) is 6.96. The van der Waals surface area contributed by atoms with E-state index in [9.17, 15) is 14.0 Å². The molecule has 0 saturated carbocycles. The largest absolute Gasteiger partial charge is 0.349 e. The third kappa shape index (κ3) is 3.98. The minimum absolute atomic E-state index is 0.0180. The molecular weight excluding hydrogens is 298 g/mol. The third-order valence-electron chi connectivity index (χ3n) is 2.34. The summed E-state index contributed by atoms with van der Waals surface area (Å²) in [4.78, 5) is 23.5. The second-order valence-corrected chi connectivity index (χ2v) is 4.43. The predicted octanol–water partition coefficient (Wildman–Crippen LogP) is 2.89. The van der Waals surface area contributed by atoms with Crippen LogP contribution in [-0.4, -0.2) is 32.1 Å². The molecule has 0 fully saturated rings. The first-order valence-electron chi connectivity index (χ1n) is 5.16. The maximum atomic E-state index is 13.3. The van der Waals surface area contributed by atoms with Gasteiger partial charge in [0.25, 0.3) is 0 Å². The van der Waals surface area contributed by atoms with Crippen LogP contribution in [0.15, 0.2) is 12.1 Å². The van der Waals surface area contributed by atoms with Crippen molar-refractivity contribution >= 4 is 34.8 Å². The Kier molecular flexibility index (Phi) is 5.87. The zero-order valence-electron chi connectivity index (χ0n) is 10.2. The third-order valence-corrected chi connectivity index (χ3v) is 2.94. The summed E-state index contributed by atoms with van der Waals surface area (Å²) >= 11 is 11.3. The van der Waals surface area contributed by atoms with Gasteiger partial charge in [-0.25, -0.2) is 4.39 Å². The number of carbonyl (C=O) groups excluding carboxylic acids is 2. The van der Waals surface area contributed by atoms with Gasteiger partial charge < -0.3 is 9.47 Å². The average Bonchev–Trinajstić information content (AvgIpc) is 2.35. The molecule has 1 rings (SSSR count). The van der Waals surface area contributed by atoms with E-state index in [0.717, 1.165) is 12.1 Å². The lowest BCUT2D eigenvalue weighted by molar-refractivity contribution is -0.155. The fourth-order valence-electron chi connectivity index (χ4n) is 1.43. The zero-order valence-corrected chi connectivity index (χ0v) is 11.7. The van der Waals surface area contributed by atoms with Crippen LogP contribution in [0.5, 0.6) is 0 Å². The molecule has 0 aliphatic rings. The van der Waals surface area contributed by atoms with Gasteiger partial charge >= 0.3 is 0 Å². The van der Waals surface area contributed by atoms with Crippen LogP contribution in [0.4, 0.5) is 4.39 Å². The fourth-order valence-corrected chi connectivity index (χ4v) is 1.92. The lowest BCUT2D eigenvalue weighted by Crippen LogP contribution is -2.27.